The van der Waals surface area contributed by atoms with Crippen LogP contribution in [0.3, 0.4) is 0 Å². The second-order valence-corrected chi connectivity index (χ2v) is 12.2. The van der Waals surface area contributed by atoms with Gasteiger partial charge in [0, 0.05) is 30.1 Å². The second-order valence-electron chi connectivity index (χ2n) is 12.2. The summed E-state index contributed by atoms with van der Waals surface area (Å²) in [5, 5.41) is 34.3. The highest BCUT2D eigenvalue weighted by atomic mass is 16.6. The zero-order valence-corrected chi connectivity index (χ0v) is 22.3. The second kappa shape index (κ2) is 9.05. The first-order valence-corrected chi connectivity index (χ1v) is 12.6. The van der Waals surface area contributed by atoms with Gasteiger partial charge in [-0.25, -0.2) is 0 Å². The minimum absolute atomic E-state index is 0.00992. The maximum absolute atomic E-state index is 13.3. The number of hydrogen-bond donors (Lipinski definition) is 3. The van der Waals surface area contributed by atoms with Crippen molar-refractivity contribution in [2.75, 3.05) is 6.61 Å². The van der Waals surface area contributed by atoms with Crippen LogP contribution >= 0.6 is 0 Å². The zero-order valence-electron chi connectivity index (χ0n) is 22.3. The first kappa shape index (κ1) is 28.0. The van der Waals surface area contributed by atoms with Gasteiger partial charge < -0.3 is 24.8 Å². The van der Waals surface area contributed by atoms with Crippen LogP contribution in [0.2, 0.25) is 0 Å². The van der Waals surface area contributed by atoms with Crippen molar-refractivity contribution in [3.63, 3.8) is 0 Å². The average molecular weight is 495 g/mol. The smallest absolute Gasteiger partial charge is 0.302 e. The van der Waals surface area contributed by atoms with Crippen molar-refractivity contribution in [2.24, 2.45) is 34.5 Å². The molecule has 3 N–H and O–H groups in total. The van der Waals surface area contributed by atoms with Crippen molar-refractivity contribution in [3.8, 4) is 0 Å². The Bertz CT molecular complexity index is 914. The number of ether oxygens (including phenoxy) is 2. The SMILES string of the molecule is CC(=O)O[C@@H]1C[C@H]2C(C)=CC(=O)[C@@H](O)[C@]2(C)C2[C@](O)(CC(=O)CC(O)(C(C)C)C(C)C)OC[C@]21C. The number of Topliss-reactive ketones (excluding diaryl/α,β-unsaturated/α-hetero) is 1. The summed E-state index contributed by atoms with van der Waals surface area (Å²) in [4.78, 5) is 38.0. The Kier molecular flexibility index (Phi) is 7.23. The molecule has 1 aliphatic heterocycles. The monoisotopic (exact) mass is 494 g/mol. The lowest BCUT2D eigenvalue weighted by atomic mass is 9.45. The van der Waals surface area contributed by atoms with Gasteiger partial charge in [-0.15, -0.1) is 0 Å². The van der Waals surface area contributed by atoms with E-state index in [1.807, 2.05) is 34.6 Å². The molecule has 2 aliphatic carbocycles. The van der Waals surface area contributed by atoms with Crippen LogP contribution in [0.1, 0.15) is 74.7 Å². The molecular weight excluding hydrogens is 452 g/mol. The third-order valence-corrected chi connectivity index (χ3v) is 9.32. The van der Waals surface area contributed by atoms with Crippen molar-refractivity contribution in [1.82, 2.24) is 0 Å². The van der Waals surface area contributed by atoms with Crippen LogP contribution in [0.5, 0.6) is 0 Å². The van der Waals surface area contributed by atoms with Gasteiger partial charge in [0.15, 0.2) is 11.6 Å². The average Bonchev–Trinajstić information content (AvgIpc) is 2.99. The summed E-state index contributed by atoms with van der Waals surface area (Å²) in [6.07, 6.45) is -0.844. The van der Waals surface area contributed by atoms with Gasteiger partial charge in [0.05, 0.1) is 18.6 Å². The Hall–Kier alpha value is -1.61. The molecule has 0 aromatic heterocycles. The number of esters is 1. The molecule has 0 spiro atoms. The molecule has 8 nitrogen and oxygen atoms in total. The number of ketones is 2. The van der Waals surface area contributed by atoms with Crippen molar-refractivity contribution in [1.29, 1.82) is 0 Å². The molecule has 0 radical (unpaired) electrons. The molecule has 0 aromatic rings. The summed E-state index contributed by atoms with van der Waals surface area (Å²) in [5.41, 5.74) is -2.62. The number of rotatable bonds is 7. The first-order valence-electron chi connectivity index (χ1n) is 12.6. The van der Waals surface area contributed by atoms with E-state index in [9.17, 15) is 29.7 Å². The van der Waals surface area contributed by atoms with E-state index in [2.05, 4.69) is 0 Å². The standard InChI is InChI=1S/C27H42O8/c1-14(2)26(32,15(3)4)11-18(29)12-27(33)23-24(7,13-34-27)21(35-17(6)28)10-19-16(5)9-20(30)22(31)25(19,23)8/h9,14-15,19,21-23,31-33H,10-13H2,1-8H3/t19-,21+,22+,23?,24-,25+,27-/m0/s1. The number of hydrogen-bond acceptors (Lipinski definition) is 8. The van der Waals surface area contributed by atoms with Crippen LogP contribution in [0, 0.1) is 34.5 Å². The summed E-state index contributed by atoms with van der Waals surface area (Å²) in [7, 11) is 0. The van der Waals surface area contributed by atoms with Gasteiger partial charge in [-0.3, -0.25) is 14.4 Å². The van der Waals surface area contributed by atoms with Crippen molar-refractivity contribution in [3.05, 3.63) is 11.6 Å². The molecule has 0 amide bonds. The summed E-state index contributed by atoms with van der Waals surface area (Å²) in [5.74, 6) is -4.95. The normalized spacial score (nSPS) is 39.3. The van der Waals surface area contributed by atoms with Gasteiger partial charge in [0.1, 0.15) is 18.0 Å². The van der Waals surface area contributed by atoms with Crippen LogP contribution in [-0.2, 0) is 23.9 Å². The minimum atomic E-state index is -2.01. The molecule has 35 heavy (non-hydrogen) atoms. The zero-order chi connectivity index (χ0) is 26.7. The fourth-order valence-corrected chi connectivity index (χ4v) is 7.38. The molecule has 3 aliphatic rings. The van der Waals surface area contributed by atoms with Gasteiger partial charge in [-0.1, -0.05) is 47.1 Å². The number of fused-ring (bicyclic) bond motifs is 3. The lowest BCUT2D eigenvalue weighted by Crippen LogP contribution is -2.66. The topological polar surface area (TPSA) is 130 Å². The maximum Gasteiger partial charge on any atom is 0.302 e. The molecule has 0 aromatic carbocycles. The van der Waals surface area contributed by atoms with E-state index in [0.717, 1.165) is 5.57 Å². The fourth-order valence-electron chi connectivity index (χ4n) is 7.38. The van der Waals surface area contributed by atoms with Gasteiger partial charge in [0.2, 0.25) is 0 Å². The predicted molar refractivity (Wildman–Crippen MR) is 128 cm³/mol. The Morgan fingerprint density at radius 3 is 2.31 bits per heavy atom. The molecule has 8 heteroatoms. The lowest BCUT2D eigenvalue weighted by Gasteiger charge is -2.60. The molecule has 1 saturated heterocycles. The Balaban J connectivity index is 2.06. The largest absolute Gasteiger partial charge is 0.462 e. The Morgan fingerprint density at radius 2 is 1.80 bits per heavy atom. The van der Waals surface area contributed by atoms with Crippen molar-refractivity contribution < 1.29 is 39.2 Å². The van der Waals surface area contributed by atoms with Crippen LogP contribution in [0.25, 0.3) is 0 Å². The summed E-state index contributed by atoms with van der Waals surface area (Å²) >= 11 is 0. The van der Waals surface area contributed by atoms with E-state index in [1.165, 1.54) is 13.0 Å². The summed E-state index contributed by atoms with van der Waals surface area (Å²) < 4.78 is 11.7. The van der Waals surface area contributed by atoms with E-state index in [4.69, 9.17) is 9.47 Å². The molecular formula is C27H42O8. The molecule has 1 saturated carbocycles. The Morgan fingerprint density at radius 1 is 1.23 bits per heavy atom. The Labute approximate surface area is 208 Å². The van der Waals surface area contributed by atoms with E-state index in [-0.39, 0.29) is 36.6 Å². The summed E-state index contributed by atoms with van der Waals surface area (Å²) in [6, 6.07) is 0. The van der Waals surface area contributed by atoms with E-state index in [1.54, 1.807) is 13.8 Å². The fraction of sp³-hybridized carbons (Fsp3) is 0.815. The number of carbonyl (C=O) groups is 3. The maximum atomic E-state index is 13.3. The molecule has 198 valence electrons. The first-order chi connectivity index (χ1) is 15.9. The summed E-state index contributed by atoms with van der Waals surface area (Å²) in [6.45, 7) is 14.1. The van der Waals surface area contributed by atoms with Crippen LogP contribution in [-0.4, -0.2) is 63.1 Å². The van der Waals surface area contributed by atoms with E-state index in [0.29, 0.717) is 6.42 Å². The highest BCUT2D eigenvalue weighted by molar-refractivity contribution is 5.96. The number of carbonyl (C=O) groups excluding carboxylic acids is 3. The quantitative estimate of drug-likeness (QED) is 0.461. The highest BCUT2D eigenvalue weighted by Gasteiger charge is 2.73. The molecule has 2 fully saturated rings. The molecule has 1 unspecified atom stereocenters. The molecule has 0 bridgehead atoms. The van der Waals surface area contributed by atoms with Gasteiger partial charge in [-0.05, 0) is 37.2 Å². The van der Waals surface area contributed by atoms with Gasteiger partial charge in [0.25, 0.3) is 0 Å². The van der Waals surface area contributed by atoms with Gasteiger partial charge >= 0.3 is 5.97 Å². The predicted octanol–water partition coefficient (Wildman–Crippen LogP) is 2.57. The van der Waals surface area contributed by atoms with Crippen LogP contribution in [0.4, 0.5) is 0 Å². The number of allylic oxidation sites excluding steroid dienone is 1. The number of aliphatic hydroxyl groups is 3. The third kappa shape index (κ3) is 4.30. The molecule has 7 atom stereocenters. The third-order valence-electron chi connectivity index (χ3n) is 9.32. The van der Waals surface area contributed by atoms with Crippen molar-refractivity contribution in [2.45, 2.75) is 98.2 Å². The minimum Gasteiger partial charge on any atom is -0.462 e. The van der Waals surface area contributed by atoms with Crippen molar-refractivity contribution >= 4 is 17.5 Å². The van der Waals surface area contributed by atoms with E-state index < -0.39 is 58.5 Å². The molecule has 3 rings (SSSR count). The van der Waals surface area contributed by atoms with Crippen LogP contribution in [0.15, 0.2) is 11.6 Å². The highest BCUT2D eigenvalue weighted by Crippen LogP contribution is 2.66. The van der Waals surface area contributed by atoms with Gasteiger partial charge in [-0.2, -0.15) is 0 Å². The van der Waals surface area contributed by atoms with Crippen LogP contribution < -0.4 is 0 Å². The van der Waals surface area contributed by atoms with E-state index >= 15 is 0 Å². The molecule has 1 heterocycles. The number of aliphatic hydroxyl groups excluding tert-OH is 1. The lowest BCUT2D eigenvalue weighted by molar-refractivity contribution is -0.253.